The molecule has 1 amide bonds. The number of carbonyl (C=O) groups is 1. The fourth-order valence-electron chi connectivity index (χ4n) is 5.26. The number of fused-ring (bicyclic) bond motifs is 2. The molecule has 4 heteroatoms. The van der Waals surface area contributed by atoms with E-state index in [1.54, 1.807) is 11.8 Å². The molecule has 0 saturated heterocycles. The zero-order valence-electron chi connectivity index (χ0n) is 20.0. The summed E-state index contributed by atoms with van der Waals surface area (Å²) in [5, 5.41) is 0. The molecular weight excluding hydrogens is 436 g/mol. The molecule has 174 valence electrons. The van der Waals surface area contributed by atoms with E-state index in [1.807, 2.05) is 42.2 Å². The fraction of sp³-hybridized carbons (Fsp3) is 0.333. The first-order valence-corrected chi connectivity index (χ1v) is 13.3. The van der Waals surface area contributed by atoms with E-state index in [0.29, 0.717) is 18.0 Å². The third-order valence-corrected chi connectivity index (χ3v) is 8.31. The summed E-state index contributed by atoms with van der Waals surface area (Å²) in [6.07, 6.45) is 6.26. The van der Waals surface area contributed by atoms with Crippen LogP contribution in [0, 0.1) is 5.92 Å². The lowest BCUT2D eigenvalue weighted by atomic mass is 9.83. The molecule has 3 aromatic carbocycles. The van der Waals surface area contributed by atoms with E-state index >= 15 is 0 Å². The summed E-state index contributed by atoms with van der Waals surface area (Å²) in [6, 6.07) is 25.0. The molecule has 34 heavy (non-hydrogen) atoms. The van der Waals surface area contributed by atoms with Crippen molar-refractivity contribution in [2.24, 2.45) is 10.9 Å². The highest BCUT2D eigenvalue weighted by Gasteiger charge is 2.27. The average molecular weight is 469 g/mol. The molecule has 1 fully saturated rings. The van der Waals surface area contributed by atoms with E-state index in [1.165, 1.54) is 48.3 Å². The number of hydrogen-bond donors (Lipinski definition) is 0. The van der Waals surface area contributed by atoms with E-state index in [2.05, 4.69) is 49.4 Å². The van der Waals surface area contributed by atoms with Gasteiger partial charge in [-0.25, -0.2) is 0 Å². The Morgan fingerprint density at radius 3 is 2.47 bits per heavy atom. The zero-order valence-corrected chi connectivity index (χ0v) is 20.9. The average Bonchev–Trinajstić information content (AvgIpc) is 3.06. The van der Waals surface area contributed by atoms with Crippen molar-refractivity contribution < 1.29 is 4.79 Å². The van der Waals surface area contributed by atoms with Crippen molar-refractivity contribution in [3.8, 4) is 0 Å². The molecule has 1 saturated carbocycles. The Kier molecular flexibility index (Phi) is 6.87. The van der Waals surface area contributed by atoms with Gasteiger partial charge in [0, 0.05) is 33.4 Å². The van der Waals surface area contributed by atoms with Gasteiger partial charge < -0.3 is 4.90 Å². The first kappa shape index (κ1) is 22.9. The minimum atomic E-state index is 0.0115. The van der Waals surface area contributed by atoms with Crippen molar-refractivity contribution in [1.29, 1.82) is 0 Å². The van der Waals surface area contributed by atoms with E-state index < -0.39 is 0 Å². The summed E-state index contributed by atoms with van der Waals surface area (Å²) in [5.41, 5.74) is 5.25. The van der Waals surface area contributed by atoms with Gasteiger partial charge in [-0.15, -0.1) is 0 Å². The third kappa shape index (κ3) is 4.56. The van der Waals surface area contributed by atoms with Gasteiger partial charge in [0.2, 0.25) is 0 Å². The molecule has 1 unspecified atom stereocenters. The summed E-state index contributed by atoms with van der Waals surface area (Å²) >= 11 is 1.77. The Balaban J connectivity index is 1.52. The Morgan fingerprint density at radius 1 is 0.971 bits per heavy atom. The van der Waals surface area contributed by atoms with Crippen LogP contribution in [0.4, 0.5) is 5.69 Å². The molecule has 1 aliphatic carbocycles. The molecule has 2 aliphatic rings. The van der Waals surface area contributed by atoms with Crippen LogP contribution in [0.1, 0.15) is 73.5 Å². The highest BCUT2D eigenvalue weighted by molar-refractivity contribution is 7.99. The molecule has 0 aromatic heterocycles. The Labute approximate surface area is 207 Å². The van der Waals surface area contributed by atoms with Crippen LogP contribution in [0.3, 0.4) is 0 Å². The van der Waals surface area contributed by atoms with Crippen LogP contribution in [-0.4, -0.2) is 23.1 Å². The number of benzene rings is 3. The second-order valence-electron chi connectivity index (χ2n) is 9.29. The SMILES string of the molecule is CCN(C(=O)c1ccc2c(c1)N=C(C1CCCCC1)c1ccccc1S2)C(C)c1ccccc1. The van der Waals surface area contributed by atoms with Crippen LogP contribution >= 0.6 is 11.8 Å². The number of carbonyl (C=O) groups excluding carboxylic acids is 1. The minimum Gasteiger partial charge on any atom is -0.332 e. The second-order valence-corrected chi connectivity index (χ2v) is 10.4. The van der Waals surface area contributed by atoms with Crippen LogP contribution in [0.5, 0.6) is 0 Å². The zero-order chi connectivity index (χ0) is 23.5. The number of rotatable bonds is 5. The molecule has 5 rings (SSSR count). The van der Waals surface area contributed by atoms with Gasteiger partial charge in [-0.3, -0.25) is 9.79 Å². The van der Waals surface area contributed by atoms with Crippen molar-refractivity contribution in [3.05, 3.63) is 89.5 Å². The Hall–Kier alpha value is -2.85. The molecule has 0 bridgehead atoms. The molecule has 1 heterocycles. The van der Waals surface area contributed by atoms with Gasteiger partial charge in [-0.2, -0.15) is 0 Å². The highest BCUT2D eigenvalue weighted by atomic mass is 32.2. The van der Waals surface area contributed by atoms with Crippen LogP contribution in [0.15, 0.2) is 87.6 Å². The topological polar surface area (TPSA) is 32.7 Å². The fourth-order valence-corrected chi connectivity index (χ4v) is 6.27. The van der Waals surface area contributed by atoms with Crippen molar-refractivity contribution in [3.63, 3.8) is 0 Å². The first-order chi connectivity index (χ1) is 16.7. The lowest BCUT2D eigenvalue weighted by Gasteiger charge is -2.28. The molecular formula is C30H32N2OS. The van der Waals surface area contributed by atoms with Crippen LogP contribution in [0.2, 0.25) is 0 Å². The maximum atomic E-state index is 13.6. The van der Waals surface area contributed by atoms with Gasteiger partial charge >= 0.3 is 0 Å². The number of hydrogen-bond acceptors (Lipinski definition) is 3. The largest absolute Gasteiger partial charge is 0.332 e. The summed E-state index contributed by atoms with van der Waals surface area (Å²) in [7, 11) is 0. The Bertz CT molecular complexity index is 1200. The van der Waals surface area contributed by atoms with E-state index in [0.717, 1.165) is 16.1 Å². The summed E-state index contributed by atoms with van der Waals surface area (Å²) in [6.45, 7) is 4.81. The smallest absolute Gasteiger partial charge is 0.254 e. The molecule has 0 spiro atoms. The van der Waals surface area contributed by atoms with Crippen molar-refractivity contribution in [2.45, 2.75) is 61.8 Å². The minimum absolute atomic E-state index is 0.0115. The van der Waals surface area contributed by atoms with E-state index in [-0.39, 0.29) is 11.9 Å². The molecule has 1 aliphatic heterocycles. The number of nitrogens with zero attached hydrogens (tertiary/aromatic N) is 2. The molecule has 0 radical (unpaired) electrons. The van der Waals surface area contributed by atoms with Gasteiger partial charge in [-0.05, 0) is 56.5 Å². The number of aliphatic imine (C=N–C) groups is 1. The summed E-state index contributed by atoms with van der Waals surface area (Å²) in [4.78, 5) is 23.2. The quantitative estimate of drug-likeness (QED) is 0.379. The van der Waals surface area contributed by atoms with Crippen LogP contribution in [-0.2, 0) is 0 Å². The molecule has 3 nitrogen and oxygen atoms in total. The summed E-state index contributed by atoms with van der Waals surface area (Å²) in [5.74, 6) is 0.550. The predicted molar refractivity (Wildman–Crippen MR) is 141 cm³/mol. The maximum Gasteiger partial charge on any atom is 0.254 e. The van der Waals surface area contributed by atoms with Crippen LogP contribution in [0.25, 0.3) is 0 Å². The Morgan fingerprint density at radius 2 is 1.71 bits per heavy atom. The lowest BCUT2D eigenvalue weighted by Crippen LogP contribution is -2.33. The second kappa shape index (κ2) is 10.2. The summed E-state index contributed by atoms with van der Waals surface area (Å²) < 4.78 is 0. The standard InChI is InChI=1S/C30H32N2OS/c1-3-32(21(2)22-12-6-4-7-13-22)30(33)24-18-19-28-26(20-24)31-29(23-14-8-5-9-15-23)25-16-10-11-17-27(25)34-28/h4,6-7,10-13,16-21,23H,3,5,8-9,14-15H2,1-2H3. The molecule has 3 aromatic rings. The predicted octanol–water partition coefficient (Wildman–Crippen LogP) is 8.08. The number of amides is 1. The highest BCUT2D eigenvalue weighted by Crippen LogP contribution is 2.43. The maximum absolute atomic E-state index is 13.6. The van der Waals surface area contributed by atoms with Gasteiger partial charge in [0.15, 0.2) is 0 Å². The first-order valence-electron chi connectivity index (χ1n) is 12.5. The molecule has 1 atom stereocenters. The monoisotopic (exact) mass is 468 g/mol. The van der Waals surface area contributed by atoms with Gasteiger partial charge in [-0.1, -0.05) is 79.6 Å². The lowest BCUT2D eigenvalue weighted by molar-refractivity contribution is 0.0702. The normalized spacial score (nSPS) is 16.6. The molecule has 0 N–H and O–H groups in total. The van der Waals surface area contributed by atoms with E-state index in [4.69, 9.17) is 4.99 Å². The van der Waals surface area contributed by atoms with Crippen LogP contribution < -0.4 is 0 Å². The third-order valence-electron chi connectivity index (χ3n) is 7.17. The van der Waals surface area contributed by atoms with Gasteiger partial charge in [0.05, 0.1) is 17.4 Å². The van der Waals surface area contributed by atoms with Crippen molar-refractivity contribution in [2.75, 3.05) is 6.54 Å². The van der Waals surface area contributed by atoms with E-state index in [9.17, 15) is 4.79 Å². The van der Waals surface area contributed by atoms with Crippen molar-refractivity contribution >= 4 is 29.1 Å². The van der Waals surface area contributed by atoms with Gasteiger partial charge in [0.1, 0.15) is 0 Å². The van der Waals surface area contributed by atoms with Gasteiger partial charge in [0.25, 0.3) is 5.91 Å². The van der Waals surface area contributed by atoms with Crippen molar-refractivity contribution in [1.82, 2.24) is 4.90 Å².